The van der Waals surface area contributed by atoms with Crippen molar-refractivity contribution in [3.8, 4) is 0 Å². The van der Waals surface area contributed by atoms with Crippen LogP contribution in [0.3, 0.4) is 0 Å². The van der Waals surface area contributed by atoms with Crippen LogP contribution in [0.2, 0.25) is 0 Å². The second kappa shape index (κ2) is 5.95. The first kappa shape index (κ1) is 11.4. The molecule has 0 aromatic rings. The predicted octanol–water partition coefficient (Wildman–Crippen LogP) is 0.450. The van der Waals surface area contributed by atoms with Crippen LogP contribution in [0.4, 0.5) is 0 Å². The Morgan fingerprint density at radius 2 is 2.00 bits per heavy atom. The molecule has 0 fully saturated rings. The minimum atomic E-state index is -0.441. The largest absolute Gasteiger partial charge is 0.423 e. The number of aliphatic hydroxyl groups is 2. The first-order chi connectivity index (χ1) is 7.27. The molecule has 0 amide bonds. The minimum Gasteiger partial charge on any atom is -0.423 e. The fourth-order valence-corrected chi connectivity index (χ4v) is 1.01. The number of hydrogen-bond donors (Lipinski definition) is 2. The Bertz CT molecular complexity index is 348. The number of rotatable bonds is 4. The standard InChI is InChI=1S/C11H12O4/c12-6-2-1-5-10-8-9(4-3-7-13)11(14)15-10/h1-5,8,12-13H,6-7H2/b2-1+,4-3-,10-5+. The Morgan fingerprint density at radius 3 is 2.67 bits per heavy atom. The zero-order valence-corrected chi connectivity index (χ0v) is 8.09. The van der Waals surface area contributed by atoms with E-state index in [0.29, 0.717) is 11.3 Å². The van der Waals surface area contributed by atoms with Crippen LogP contribution in [0.1, 0.15) is 0 Å². The zero-order valence-electron chi connectivity index (χ0n) is 8.09. The lowest BCUT2D eigenvalue weighted by atomic mass is 10.2. The van der Waals surface area contributed by atoms with Crippen molar-refractivity contribution in [1.82, 2.24) is 0 Å². The molecule has 0 spiro atoms. The fourth-order valence-electron chi connectivity index (χ4n) is 1.01. The topological polar surface area (TPSA) is 66.8 Å². The van der Waals surface area contributed by atoms with E-state index in [2.05, 4.69) is 0 Å². The number of cyclic esters (lactones) is 1. The quantitative estimate of drug-likeness (QED) is 0.658. The normalized spacial score (nSPS) is 19.2. The van der Waals surface area contributed by atoms with Gasteiger partial charge in [0.25, 0.3) is 0 Å². The molecule has 1 aliphatic heterocycles. The summed E-state index contributed by atoms with van der Waals surface area (Å²) >= 11 is 0. The first-order valence-electron chi connectivity index (χ1n) is 4.47. The van der Waals surface area contributed by atoms with E-state index >= 15 is 0 Å². The van der Waals surface area contributed by atoms with Crippen molar-refractivity contribution in [3.05, 3.63) is 47.8 Å². The Morgan fingerprint density at radius 1 is 1.27 bits per heavy atom. The molecule has 0 saturated heterocycles. The maximum Gasteiger partial charge on any atom is 0.343 e. The van der Waals surface area contributed by atoms with Crippen LogP contribution in [0.15, 0.2) is 47.8 Å². The van der Waals surface area contributed by atoms with E-state index in [1.165, 1.54) is 18.2 Å². The molecule has 0 unspecified atom stereocenters. The molecule has 0 bridgehead atoms. The van der Waals surface area contributed by atoms with Gasteiger partial charge in [-0.2, -0.15) is 0 Å². The van der Waals surface area contributed by atoms with Gasteiger partial charge in [-0.05, 0) is 18.2 Å². The smallest absolute Gasteiger partial charge is 0.343 e. The molecule has 0 atom stereocenters. The van der Waals surface area contributed by atoms with E-state index in [4.69, 9.17) is 14.9 Å². The molecule has 1 rings (SSSR count). The maximum atomic E-state index is 11.2. The molecular weight excluding hydrogens is 196 g/mol. The third-order valence-corrected chi connectivity index (χ3v) is 1.65. The molecule has 0 aliphatic carbocycles. The molecule has 1 aliphatic rings. The SMILES string of the molecule is O=C1O/C(=C/C=C/CO)C=C1/C=C\CO. The van der Waals surface area contributed by atoms with Gasteiger partial charge in [0.2, 0.25) is 0 Å². The van der Waals surface area contributed by atoms with Gasteiger partial charge in [-0.1, -0.05) is 18.2 Å². The van der Waals surface area contributed by atoms with Crippen molar-refractivity contribution < 1.29 is 19.7 Å². The Kier molecular flexibility index (Phi) is 4.53. The number of carbonyl (C=O) groups excluding carboxylic acids is 1. The summed E-state index contributed by atoms with van der Waals surface area (Å²) in [5.41, 5.74) is 0.396. The highest BCUT2D eigenvalue weighted by molar-refractivity contribution is 5.95. The molecule has 80 valence electrons. The van der Waals surface area contributed by atoms with Crippen molar-refractivity contribution in [3.63, 3.8) is 0 Å². The van der Waals surface area contributed by atoms with Gasteiger partial charge in [-0.3, -0.25) is 0 Å². The summed E-state index contributed by atoms with van der Waals surface area (Å²) in [4.78, 5) is 11.2. The van der Waals surface area contributed by atoms with Crippen LogP contribution in [-0.4, -0.2) is 29.4 Å². The van der Waals surface area contributed by atoms with Gasteiger partial charge in [0.1, 0.15) is 5.76 Å². The molecule has 0 aromatic carbocycles. The predicted molar refractivity (Wildman–Crippen MR) is 54.7 cm³/mol. The third-order valence-electron chi connectivity index (χ3n) is 1.65. The van der Waals surface area contributed by atoms with Gasteiger partial charge < -0.3 is 14.9 Å². The van der Waals surface area contributed by atoms with E-state index < -0.39 is 5.97 Å². The van der Waals surface area contributed by atoms with E-state index in [1.54, 1.807) is 18.2 Å². The van der Waals surface area contributed by atoms with Gasteiger partial charge in [-0.15, -0.1) is 0 Å². The van der Waals surface area contributed by atoms with E-state index in [9.17, 15) is 4.79 Å². The maximum absolute atomic E-state index is 11.2. The highest BCUT2D eigenvalue weighted by atomic mass is 16.5. The van der Waals surface area contributed by atoms with E-state index in [-0.39, 0.29) is 13.2 Å². The second-order valence-corrected chi connectivity index (χ2v) is 2.75. The second-order valence-electron chi connectivity index (χ2n) is 2.75. The first-order valence-corrected chi connectivity index (χ1v) is 4.47. The molecule has 4 nitrogen and oxygen atoms in total. The van der Waals surface area contributed by atoms with Crippen molar-refractivity contribution >= 4 is 5.97 Å². The average molecular weight is 208 g/mol. The summed E-state index contributed by atoms with van der Waals surface area (Å²) < 4.78 is 4.88. The number of hydrogen-bond acceptors (Lipinski definition) is 4. The number of aliphatic hydroxyl groups excluding tert-OH is 2. The van der Waals surface area contributed by atoms with Crippen molar-refractivity contribution in [2.75, 3.05) is 13.2 Å². The Balaban J connectivity index is 2.70. The third kappa shape index (κ3) is 3.53. The molecule has 4 heteroatoms. The summed E-state index contributed by atoms with van der Waals surface area (Å²) in [6.45, 7) is -0.174. The molecule has 0 radical (unpaired) electrons. The summed E-state index contributed by atoms with van der Waals surface area (Å²) in [7, 11) is 0. The van der Waals surface area contributed by atoms with Gasteiger partial charge in [0.15, 0.2) is 0 Å². The van der Waals surface area contributed by atoms with E-state index in [0.717, 1.165) is 0 Å². The van der Waals surface area contributed by atoms with Gasteiger partial charge >= 0.3 is 5.97 Å². The van der Waals surface area contributed by atoms with Crippen LogP contribution in [-0.2, 0) is 9.53 Å². The Labute approximate surface area is 87.5 Å². The minimum absolute atomic E-state index is 0.0568. The van der Waals surface area contributed by atoms with Crippen molar-refractivity contribution in [2.24, 2.45) is 0 Å². The lowest BCUT2D eigenvalue weighted by Gasteiger charge is -1.92. The van der Waals surface area contributed by atoms with Crippen LogP contribution < -0.4 is 0 Å². The number of ether oxygens (including phenoxy) is 1. The zero-order chi connectivity index (χ0) is 11.1. The summed E-state index contributed by atoms with van der Waals surface area (Å²) in [5, 5.41) is 17.0. The highest BCUT2D eigenvalue weighted by Crippen LogP contribution is 2.17. The van der Waals surface area contributed by atoms with Crippen LogP contribution in [0.5, 0.6) is 0 Å². The molecule has 1 heterocycles. The van der Waals surface area contributed by atoms with Crippen LogP contribution in [0.25, 0.3) is 0 Å². The van der Waals surface area contributed by atoms with Crippen LogP contribution in [0, 0.1) is 0 Å². The summed E-state index contributed by atoms with van der Waals surface area (Å²) in [6.07, 6.45) is 9.22. The van der Waals surface area contributed by atoms with Crippen molar-refractivity contribution in [1.29, 1.82) is 0 Å². The molecule has 0 saturated carbocycles. The lowest BCUT2D eigenvalue weighted by Crippen LogP contribution is -1.96. The molecular formula is C11H12O4. The van der Waals surface area contributed by atoms with E-state index in [1.807, 2.05) is 0 Å². The summed E-state index contributed by atoms with van der Waals surface area (Å²) in [6, 6.07) is 0. The molecule has 15 heavy (non-hydrogen) atoms. The lowest BCUT2D eigenvalue weighted by molar-refractivity contribution is -0.132. The van der Waals surface area contributed by atoms with Crippen LogP contribution >= 0.6 is 0 Å². The number of carbonyl (C=O) groups is 1. The summed E-state index contributed by atoms with van der Waals surface area (Å²) in [5.74, 6) is -0.0226. The van der Waals surface area contributed by atoms with Gasteiger partial charge in [0, 0.05) is 0 Å². The van der Waals surface area contributed by atoms with Gasteiger partial charge in [-0.25, -0.2) is 4.79 Å². The monoisotopic (exact) mass is 208 g/mol. The molecule has 0 aromatic heterocycles. The number of allylic oxidation sites excluding steroid dienone is 3. The highest BCUT2D eigenvalue weighted by Gasteiger charge is 2.17. The Hall–Kier alpha value is -1.65. The molecule has 2 N–H and O–H groups in total. The van der Waals surface area contributed by atoms with Gasteiger partial charge in [0.05, 0.1) is 18.8 Å². The number of esters is 1. The van der Waals surface area contributed by atoms with Crippen molar-refractivity contribution in [2.45, 2.75) is 0 Å². The average Bonchev–Trinajstić information content (AvgIpc) is 2.57. The fraction of sp³-hybridized carbons (Fsp3) is 0.182.